The lowest BCUT2D eigenvalue weighted by Gasteiger charge is -2.10. The minimum Gasteiger partial charge on any atom is -0.497 e. The number of imidazole rings is 1. The summed E-state index contributed by atoms with van der Waals surface area (Å²) in [5.74, 6) is 1.83. The van der Waals surface area contributed by atoms with Crippen molar-refractivity contribution in [1.29, 1.82) is 0 Å². The van der Waals surface area contributed by atoms with Gasteiger partial charge < -0.3 is 4.74 Å². The van der Waals surface area contributed by atoms with Crippen LogP contribution in [0.3, 0.4) is 0 Å². The Morgan fingerprint density at radius 2 is 2.05 bits per heavy atom. The summed E-state index contributed by atoms with van der Waals surface area (Å²) in [4.78, 5) is 4.54. The summed E-state index contributed by atoms with van der Waals surface area (Å²) in [6.45, 7) is 0. The Morgan fingerprint density at radius 3 is 2.76 bits per heavy atom. The van der Waals surface area contributed by atoms with E-state index in [0.29, 0.717) is 10.9 Å². The van der Waals surface area contributed by atoms with Crippen LogP contribution in [0.5, 0.6) is 5.75 Å². The van der Waals surface area contributed by atoms with Crippen molar-refractivity contribution in [2.75, 3.05) is 7.11 Å². The van der Waals surface area contributed by atoms with Crippen LogP contribution in [0.15, 0.2) is 40.9 Å². The summed E-state index contributed by atoms with van der Waals surface area (Å²) in [6, 6.07) is 11.5. The van der Waals surface area contributed by atoms with E-state index in [0.717, 1.165) is 32.8 Å². The van der Waals surface area contributed by atoms with Gasteiger partial charge in [0.05, 0.1) is 29.7 Å². The molecule has 6 heteroatoms. The number of halogens is 3. The van der Waals surface area contributed by atoms with Crippen molar-refractivity contribution in [3.8, 4) is 11.4 Å². The van der Waals surface area contributed by atoms with Crippen LogP contribution in [0.4, 0.5) is 0 Å². The van der Waals surface area contributed by atoms with Gasteiger partial charge in [-0.15, -0.1) is 11.6 Å². The highest BCUT2D eigenvalue weighted by Gasteiger charge is 2.13. The fourth-order valence-corrected chi connectivity index (χ4v) is 3.08. The number of fused-ring (bicyclic) bond motifs is 1. The molecule has 0 fully saturated rings. The molecule has 0 bridgehead atoms. The Bertz CT molecular complexity index is 817. The Morgan fingerprint density at radius 1 is 1.24 bits per heavy atom. The third-order valence-electron chi connectivity index (χ3n) is 3.16. The van der Waals surface area contributed by atoms with Gasteiger partial charge in [0.2, 0.25) is 0 Å². The highest BCUT2D eigenvalue weighted by Crippen LogP contribution is 2.29. The summed E-state index contributed by atoms with van der Waals surface area (Å²) < 4.78 is 8.25. The van der Waals surface area contributed by atoms with Gasteiger partial charge in [0.1, 0.15) is 11.6 Å². The molecular formula is C15H11BrCl2N2O. The van der Waals surface area contributed by atoms with Crippen molar-refractivity contribution in [3.63, 3.8) is 0 Å². The lowest BCUT2D eigenvalue weighted by Crippen LogP contribution is -2.00. The summed E-state index contributed by atoms with van der Waals surface area (Å²) in [7, 11) is 1.64. The summed E-state index contributed by atoms with van der Waals surface area (Å²) in [5.41, 5.74) is 2.70. The maximum atomic E-state index is 6.05. The molecule has 0 saturated carbocycles. The number of methoxy groups -OCH3 is 1. The molecule has 0 radical (unpaired) electrons. The highest BCUT2D eigenvalue weighted by molar-refractivity contribution is 9.10. The van der Waals surface area contributed by atoms with Gasteiger partial charge in [0, 0.05) is 15.6 Å². The average molecular weight is 386 g/mol. The van der Waals surface area contributed by atoms with Crippen molar-refractivity contribution in [1.82, 2.24) is 9.55 Å². The lowest BCUT2D eigenvalue weighted by atomic mass is 10.2. The standard InChI is InChI=1S/C15H11BrCl2N2O/c1-21-12-5-9(16)4-11(7-12)20-14-3-2-10(18)6-13(14)19-15(20)8-17/h2-7H,8H2,1H3. The zero-order chi connectivity index (χ0) is 15.0. The molecule has 0 atom stereocenters. The van der Waals surface area contributed by atoms with E-state index in [1.165, 1.54) is 0 Å². The topological polar surface area (TPSA) is 27.1 Å². The summed E-state index contributed by atoms with van der Waals surface area (Å²) >= 11 is 15.6. The van der Waals surface area contributed by atoms with Crippen LogP contribution < -0.4 is 4.74 Å². The Balaban J connectivity index is 2.30. The molecule has 3 nitrogen and oxygen atoms in total. The predicted octanol–water partition coefficient (Wildman–Crippen LogP) is 5.19. The Hall–Kier alpha value is -1.23. The minimum absolute atomic E-state index is 0.307. The van der Waals surface area contributed by atoms with Gasteiger partial charge in [0.25, 0.3) is 0 Å². The summed E-state index contributed by atoms with van der Waals surface area (Å²) in [6.07, 6.45) is 0. The molecule has 0 N–H and O–H groups in total. The second-order valence-corrected chi connectivity index (χ2v) is 6.10. The molecule has 0 amide bonds. The van der Waals surface area contributed by atoms with E-state index < -0.39 is 0 Å². The second-order valence-electron chi connectivity index (χ2n) is 4.48. The van der Waals surface area contributed by atoms with Crippen molar-refractivity contribution in [3.05, 3.63) is 51.7 Å². The highest BCUT2D eigenvalue weighted by atomic mass is 79.9. The Kier molecular flexibility index (Phi) is 4.11. The number of alkyl halides is 1. The molecule has 1 heterocycles. The maximum Gasteiger partial charge on any atom is 0.129 e. The molecule has 2 aromatic carbocycles. The van der Waals surface area contributed by atoms with Crippen LogP contribution in [0.2, 0.25) is 5.02 Å². The predicted molar refractivity (Wildman–Crippen MR) is 89.9 cm³/mol. The van der Waals surface area contributed by atoms with Gasteiger partial charge in [-0.25, -0.2) is 4.98 Å². The first-order chi connectivity index (χ1) is 10.1. The molecule has 1 aromatic heterocycles. The van der Waals surface area contributed by atoms with Gasteiger partial charge in [-0.2, -0.15) is 0 Å². The van der Waals surface area contributed by atoms with Gasteiger partial charge in [-0.1, -0.05) is 27.5 Å². The van der Waals surface area contributed by atoms with E-state index >= 15 is 0 Å². The number of aromatic nitrogens is 2. The molecule has 3 rings (SSSR count). The molecule has 3 aromatic rings. The minimum atomic E-state index is 0.307. The molecule has 0 spiro atoms. The van der Waals surface area contributed by atoms with Crippen LogP contribution in [0.1, 0.15) is 5.82 Å². The smallest absolute Gasteiger partial charge is 0.129 e. The zero-order valence-corrected chi connectivity index (χ0v) is 14.2. The van der Waals surface area contributed by atoms with E-state index in [1.807, 2.05) is 41.0 Å². The molecule has 0 aliphatic heterocycles. The molecular weight excluding hydrogens is 375 g/mol. The fourth-order valence-electron chi connectivity index (χ4n) is 2.28. The van der Waals surface area contributed by atoms with E-state index in [9.17, 15) is 0 Å². The number of hydrogen-bond acceptors (Lipinski definition) is 2. The average Bonchev–Trinajstić information content (AvgIpc) is 2.83. The molecule has 0 unspecified atom stereocenters. The zero-order valence-electron chi connectivity index (χ0n) is 11.1. The van der Waals surface area contributed by atoms with Crippen LogP contribution in [-0.4, -0.2) is 16.7 Å². The first-order valence-corrected chi connectivity index (χ1v) is 7.90. The van der Waals surface area contributed by atoms with Crippen LogP contribution in [0.25, 0.3) is 16.7 Å². The van der Waals surface area contributed by atoms with E-state index in [1.54, 1.807) is 7.11 Å². The number of ether oxygens (including phenoxy) is 1. The van der Waals surface area contributed by atoms with Crippen LogP contribution in [-0.2, 0) is 5.88 Å². The number of hydrogen-bond donors (Lipinski definition) is 0. The quantitative estimate of drug-likeness (QED) is 0.580. The number of nitrogens with zero attached hydrogens (tertiary/aromatic N) is 2. The van der Waals surface area contributed by atoms with Gasteiger partial charge in [-0.05, 0) is 30.3 Å². The SMILES string of the molecule is COc1cc(Br)cc(-n2c(CCl)nc3cc(Cl)ccc32)c1. The van der Waals surface area contributed by atoms with Gasteiger partial charge in [-0.3, -0.25) is 4.57 Å². The van der Waals surface area contributed by atoms with E-state index in [2.05, 4.69) is 20.9 Å². The van der Waals surface area contributed by atoms with Crippen LogP contribution in [0, 0.1) is 0 Å². The first kappa shape index (κ1) is 14.7. The van der Waals surface area contributed by atoms with E-state index in [-0.39, 0.29) is 0 Å². The largest absolute Gasteiger partial charge is 0.497 e. The number of benzene rings is 2. The normalized spacial score (nSPS) is 11.0. The van der Waals surface area contributed by atoms with Gasteiger partial charge >= 0.3 is 0 Å². The molecule has 0 aliphatic carbocycles. The number of rotatable bonds is 3. The molecule has 21 heavy (non-hydrogen) atoms. The van der Waals surface area contributed by atoms with Crippen molar-refractivity contribution in [2.24, 2.45) is 0 Å². The Labute approximate surface area is 140 Å². The van der Waals surface area contributed by atoms with E-state index in [4.69, 9.17) is 27.9 Å². The van der Waals surface area contributed by atoms with Crippen molar-refractivity contribution < 1.29 is 4.74 Å². The third kappa shape index (κ3) is 2.76. The van der Waals surface area contributed by atoms with Crippen molar-refractivity contribution >= 4 is 50.2 Å². The second kappa shape index (κ2) is 5.87. The lowest BCUT2D eigenvalue weighted by molar-refractivity contribution is 0.414. The monoisotopic (exact) mass is 384 g/mol. The van der Waals surface area contributed by atoms with Crippen LogP contribution >= 0.6 is 39.1 Å². The molecule has 0 aliphatic rings. The molecule has 108 valence electrons. The fraction of sp³-hybridized carbons (Fsp3) is 0.133. The van der Waals surface area contributed by atoms with Gasteiger partial charge in [0.15, 0.2) is 0 Å². The maximum absolute atomic E-state index is 6.05. The van der Waals surface area contributed by atoms with Crippen molar-refractivity contribution in [2.45, 2.75) is 5.88 Å². The third-order valence-corrected chi connectivity index (χ3v) is 4.09. The summed E-state index contributed by atoms with van der Waals surface area (Å²) in [5, 5.41) is 0.653. The molecule has 0 saturated heterocycles. The first-order valence-electron chi connectivity index (χ1n) is 6.20.